The lowest BCUT2D eigenvalue weighted by molar-refractivity contribution is -0.133. The van der Waals surface area contributed by atoms with Crippen molar-refractivity contribution in [1.82, 2.24) is 14.9 Å². The highest BCUT2D eigenvalue weighted by atomic mass is 32.2. The number of carbonyl (C=O) groups excluding carboxylic acids is 1. The predicted octanol–water partition coefficient (Wildman–Crippen LogP) is 0.574. The summed E-state index contributed by atoms with van der Waals surface area (Å²) in [5.41, 5.74) is 0. The number of carbonyl (C=O) groups is 1. The predicted molar refractivity (Wildman–Crippen MR) is 91.5 cm³/mol. The van der Waals surface area contributed by atoms with E-state index in [9.17, 15) is 13.2 Å². The van der Waals surface area contributed by atoms with Crippen LogP contribution in [-0.4, -0.2) is 58.1 Å². The summed E-state index contributed by atoms with van der Waals surface area (Å²) in [4.78, 5) is 14.1. The Kier molecular flexibility index (Phi) is 6.59. The van der Waals surface area contributed by atoms with E-state index in [0.29, 0.717) is 18.9 Å². The van der Waals surface area contributed by atoms with Gasteiger partial charge in [0.05, 0.1) is 11.5 Å². The van der Waals surface area contributed by atoms with E-state index in [4.69, 9.17) is 4.74 Å². The van der Waals surface area contributed by atoms with Gasteiger partial charge in [0.15, 0.2) is 0 Å². The van der Waals surface area contributed by atoms with Crippen LogP contribution < -0.4 is 14.8 Å². The van der Waals surface area contributed by atoms with Gasteiger partial charge in [0.2, 0.25) is 15.9 Å². The molecule has 24 heavy (non-hydrogen) atoms. The number of ether oxygens (including phenoxy) is 1. The van der Waals surface area contributed by atoms with Gasteiger partial charge in [0.25, 0.3) is 0 Å². The van der Waals surface area contributed by atoms with E-state index in [1.54, 1.807) is 17.0 Å². The number of rotatable bonds is 7. The summed E-state index contributed by atoms with van der Waals surface area (Å²) in [6.45, 7) is 6.65. The quantitative estimate of drug-likeness (QED) is 0.747. The summed E-state index contributed by atoms with van der Waals surface area (Å²) < 4.78 is 32.2. The summed E-state index contributed by atoms with van der Waals surface area (Å²) in [6.07, 6.45) is 0.153. The lowest BCUT2D eigenvalue weighted by Gasteiger charge is -2.34. The Morgan fingerprint density at radius 3 is 2.71 bits per heavy atom. The zero-order chi connectivity index (χ0) is 17.6. The number of amides is 1. The van der Waals surface area contributed by atoms with Crippen molar-refractivity contribution >= 4 is 15.9 Å². The third-order valence-corrected chi connectivity index (χ3v) is 5.37. The second kappa shape index (κ2) is 8.46. The molecule has 0 radical (unpaired) electrons. The molecule has 1 aliphatic heterocycles. The fraction of sp³-hybridized carbons (Fsp3) is 0.562. The van der Waals surface area contributed by atoms with E-state index in [-0.39, 0.29) is 29.8 Å². The molecule has 1 aliphatic rings. The number of sulfonamides is 1. The summed E-state index contributed by atoms with van der Waals surface area (Å²) in [7, 11) is -3.62. The normalized spacial score (nSPS) is 18.4. The van der Waals surface area contributed by atoms with Crippen molar-refractivity contribution < 1.29 is 17.9 Å². The van der Waals surface area contributed by atoms with Gasteiger partial charge in [-0.15, -0.1) is 0 Å². The summed E-state index contributed by atoms with van der Waals surface area (Å²) in [6, 6.07) is 6.35. The lowest BCUT2D eigenvalue weighted by atomic mass is 10.2. The molecule has 1 heterocycles. The maximum absolute atomic E-state index is 12.2. The average molecular weight is 355 g/mol. The van der Waals surface area contributed by atoms with E-state index >= 15 is 0 Å². The van der Waals surface area contributed by atoms with Crippen LogP contribution in [0.1, 0.15) is 20.3 Å². The number of piperazine rings is 1. The van der Waals surface area contributed by atoms with Gasteiger partial charge in [-0.1, -0.05) is 0 Å². The van der Waals surface area contributed by atoms with E-state index < -0.39 is 10.0 Å². The molecule has 1 fully saturated rings. The molecule has 8 heteroatoms. The summed E-state index contributed by atoms with van der Waals surface area (Å²) in [5.74, 6) is 0.595. The second-order valence-corrected chi connectivity index (χ2v) is 7.46. The molecule has 0 bridgehead atoms. The molecule has 2 rings (SSSR count). The fourth-order valence-electron chi connectivity index (χ4n) is 2.61. The van der Waals surface area contributed by atoms with E-state index in [1.807, 2.05) is 13.8 Å². The van der Waals surface area contributed by atoms with E-state index in [0.717, 1.165) is 13.1 Å². The third kappa shape index (κ3) is 4.93. The Labute approximate surface area is 143 Å². The zero-order valence-electron chi connectivity index (χ0n) is 14.1. The minimum absolute atomic E-state index is 0.0293. The van der Waals surface area contributed by atoms with Crippen molar-refractivity contribution in [2.24, 2.45) is 0 Å². The smallest absolute Gasteiger partial charge is 0.240 e. The van der Waals surface area contributed by atoms with E-state index in [2.05, 4.69) is 10.0 Å². The summed E-state index contributed by atoms with van der Waals surface area (Å²) in [5, 5.41) is 3.22. The van der Waals surface area contributed by atoms with Crippen LogP contribution in [0.2, 0.25) is 0 Å². The Bertz CT molecular complexity index is 646. The first-order valence-electron chi connectivity index (χ1n) is 8.16. The molecule has 1 aromatic rings. The largest absolute Gasteiger partial charge is 0.494 e. The molecule has 1 atom stereocenters. The second-order valence-electron chi connectivity index (χ2n) is 5.69. The number of nitrogens with one attached hydrogen (secondary N) is 2. The van der Waals surface area contributed by atoms with Crippen LogP contribution in [0.3, 0.4) is 0 Å². The molecule has 1 amide bonds. The first-order valence-corrected chi connectivity index (χ1v) is 9.65. The van der Waals surface area contributed by atoms with Crippen molar-refractivity contribution in [3.8, 4) is 5.75 Å². The Hall–Kier alpha value is -1.64. The van der Waals surface area contributed by atoms with Crippen molar-refractivity contribution in [2.75, 3.05) is 32.8 Å². The topological polar surface area (TPSA) is 87.7 Å². The third-order valence-electron chi connectivity index (χ3n) is 3.90. The average Bonchev–Trinajstić information content (AvgIpc) is 2.56. The van der Waals surface area contributed by atoms with Gasteiger partial charge in [-0.2, -0.15) is 0 Å². The van der Waals surface area contributed by atoms with Crippen LogP contribution in [0.4, 0.5) is 0 Å². The van der Waals surface area contributed by atoms with Gasteiger partial charge in [0.1, 0.15) is 5.75 Å². The number of nitrogens with zero attached hydrogens (tertiary/aromatic N) is 1. The van der Waals surface area contributed by atoms with Gasteiger partial charge in [-0.25, -0.2) is 13.1 Å². The molecular weight excluding hydrogens is 330 g/mol. The Balaban J connectivity index is 1.87. The highest BCUT2D eigenvalue weighted by molar-refractivity contribution is 7.89. The van der Waals surface area contributed by atoms with E-state index in [1.165, 1.54) is 12.1 Å². The zero-order valence-corrected chi connectivity index (χ0v) is 14.9. The number of benzene rings is 1. The van der Waals surface area contributed by atoms with Crippen molar-refractivity contribution in [3.63, 3.8) is 0 Å². The standard InChI is InChI=1S/C16H25N3O4S/c1-3-23-14-4-6-15(7-5-14)24(21,22)18-9-8-16(20)19-11-10-17-12-13(19)2/h4-7,13,17-18H,3,8-12H2,1-2H3/t13-/m0/s1. The first-order chi connectivity index (χ1) is 11.4. The molecule has 1 saturated heterocycles. The van der Waals surface area contributed by atoms with Crippen LogP contribution >= 0.6 is 0 Å². The number of hydrogen-bond acceptors (Lipinski definition) is 5. The lowest BCUT2D eigenvalue weighted by Crippen LogP contribution is -2.52. The van der Waals surface area contributed by atoms with Crippen molar-refractivity contribution in [1.29, 1.82) is 0 Å². The van der Waals surface area contributed by atoms with Gasteiger partial charge in [-0.3, -0.25) is 4.79 Å². The molecule has 1 aromatic carbocycles. The van der Waals surface area contributed by atoms with Crippen LogP contribution in [0, 0.1) is 0 Å². The monoisotopic (exact) mass is 355 g/mol. The minimum atomic E-state index is -3.62. The molecular formula is C16H25N3O4S. The maximum Gasteiger partial charge on any atom is 0.240 e. The number of hydrogen-bond donors (Lipinski definition) is 2. The SMILES string of the molecule is CCOc1ccc(S(=O)(=O)NCCC(=O)N2CCNC[C@@H]2C)cc1. The van der Waals surface area contributed by atoms with Crippen LogP contribution in [0.25, 0.3) is 0 Å². The molecule has 134 valence electrons. The van der Waals surface area contributed by atoms with Crippen molar-refractivity contribution in [2.45, 2.75) is 31.2 Å². The molecule has 0 unspecified atom stereocenters. The van der Waals surface area contributed by atoms with Crippen molar-refractivity contribution in [3.05, 3.63) is 24.3 Å². The van der Waals surface area contributed by atoms with Gasteiger partial charge < -0.3 is 15.0 Å². The van der Waals surface area contributed by atoms with Crippen LogP contribution in [0.15, 0.2) is 29.2 Å². The molecule has 7 nitrogen and oxygen atoms in total. The van der Waals surface area contributed by atoms with Gasteiger partial charge >= 0.3 is 0 Å². The fourth-order valence-corrected chi connectivity index (χ4v) is 3.64. The molecule has 2 N–H and O–H groups in total. The molecule has 0 spiro atoms. The summed E-state index contributed by atoms with van der Waals surface area (Å²) >= 11 is 0. The highest BCUT2D eigenvalue weighted by Gasteiger charge is 2.23. The maximum atomic E-state index is 12.2. The van der Waals surface area contributed by atoms with Crippen LogP contribution in [-0.2, 0) is 14.8 Å². The Morgan fingerprint density at radius 2 is 2.08 bits per heavy atom. The Morgan fingerprint density at radius 1 is 1.38 bits per heavy atom. The molecule has 0 saturated carbocycles. The highest BCUT2D eigenvalue weighted by Crippen LogP contribution is 2.15. The van der Waals surface area contributed by atoms with Gasteiger partial charge in [-0.05, 0) is 38.1 Å². The van der Waals surface area contributed by atoms with Crippen LogP contribution in [0.5, 0.6) is 5.75 Å². The molecule has 0 aromatic heterocycles. The first kappa shape index (κ1) is 18.7. The van der Waals surface area contributed by atoms with Gasteiger partial charge in [0, 0.05) is 38.6 Å². The molecule has 0 aliphatic carbocycles. The minimum Gasteiger partial charge on any atom is -0.494 e.